The minimum absolute atomic E-state index is 0.0534. The van der Waals surface area contributed by atoms with Crippen LogP contribution < -0.4 is 10.1 Å². The number of aliphatic carboxylic acids is 1. The van der Waals surface area contributed by atoms with Gasteiger partial charge >= 0.3 is 5.97 Å². The number of hydrogen-bond donors (Lipinski definition) is 7. The third-order valence-electron chi connectivity index (χ3n) is 8.01. The summed E-state index contributed by atoms with van der Waals surface area (Å²) in [5.41, 5.74) is 1.53. The molecule has 14 heteroatoms. The monoisotopic (exact) mass is 675 g/mol. The number of aliphatic hydroxyl groups is 5. The normalized spacial score (nSPS) is 23.4. The molecule has 1 saturated heterocycles. The molecule has 7 N–H and O–H groups in total. The van der Waals surface area contributed by atoms with E-state index in [1.54, 1.807) is 24.3 Å². The molecule has 3 aromatic rings. The van der Waals surface area contributed by atoms with E-state index in [0.29, 0.717) is 29.0 Å². The molecule has 0 aromatic heterocycles. The van der Waals surface area contributed by atoms with Gasteiger partial charge in [0.05, 0.1) is 12.1 Å². The van der Waals surface area contributed by atoms with Gasteiger partial charge in [0.25, 0.3) is 0 Å². The van der Waals surface area contributed by atoms with E-state index in [0.717, 1.165) is 6.29 Å². The number of halogens is 2. The van der Waals surface area contributed by atoms with Crippen molar-refractivity contribution in [3.8, 4) is 5.75 Å². The second-order valence-corrected chi connectivity index (χ2v) is 11.4. The summed E-state index contributed by atoms with van der Waals surface area (Å²) >= 11 is 0. The van der Waals surface area contributed by atoms with Crippen LogP contribution >= 0.6 is 0 Å². The Balaban J connectivity index is 1.59. The number of ether oxygens (including phenoxy) is 3. The Labute approximate surface area is 275 Å². The van der Waals surface area contributed by atoms with Gasteiger partial charge in [0, 0.05) is 24.6 Å². The summed E-state index contributed by atoms with van der Waals surface area (Å²) < 4.78 is 44.2. The minimum atomic E-state index is -1.93. The molecule has 3 aromatic carbocycles. The Morgan fingerprint density at radius 2 is 1.46 bits per heavy atom. The number of carboxylic acids is 1. The molecule has 0 amide bonds. The lowest BCUT2D eigenvalue weighted by Crippen LogP contribution is -2.60. The van der Waals surface area contributed by atoms with Gasteiger partial charge in [-0.2, -0.15) is 0 Å². The zero-order valence-corrected chi connectivity index (χ0v) is 25.7. The van der Waals surface area contributed by atoms with Crippen molar-refractivity contribution < 1.29 is 63.2 Å². The second-order valence-electron chi connectivity index (χ2n) is 11.4. The van der Waals surface area contributed by atoms with Crippen LogP contribution in [0.5, 0.6) is 5.75 Å². The smallest absolute Gasteiger partial charge is 0.335 e. The number of benzene rings is 3. The number of carboxylic acid groups (broad SMARTS) is 1. The van der Waals surface area contributed by atoms with E-state index in [1.807, 2.05) is 0 Å². The van der Waals surface area contributed by atoms with E-state index in [2.05, 4.69) is 5.32 Å². The van der Waals surface area contributed by atoms with Gasteiger partial charge in [-0.25, -0.2) is 13.6 Å². The van der Waals surface area contributed by atoms with Crippen LogP contribution in [0.25, 0.3) is 0 Å². The number of carbonyl (C=O) groups is 2. The highest BCUT2D eigenvalue weighted by atomic mass is 19.1. The van der Waals surface area contributed by atoms with Crippen molar-refractivity contribution in [2.45, 2.75) is 74.8 Å². The number of rotatable bonds is 17. The van der Waals surface area contributed by atoms with Gasteiger partial charge < -0.3 is 55.0 Å². The zero-order chi connectivity index (χ0) is 34.8. The molecule has 4 rings (SSSR count). The van der Waals surface area contributed by atoms with Crippen molar-refractivity contribution in [2.75, 3.05) is 11.9 Å². The van der Waals surface area contributed by atoms with Gasteiger partial charge in [-0.1, -0.05) is 24.3 Å². The number of aliphatic hydroxyl groups excluding tert-OH is 5. The molecule has 9 atom stereocenters. The summed E-state index contributed by atoms with van der Waals surface area (Å²) in [5, 5.41) is 62.7. The molecular weight excluding hydrogens is 636 g/mol. The fraction of sp³-hybridized carbons (Fsp3) is 0.412. The third kappa shape index (κ3) is 9.76. The summed E-state index contributed by atoms with van der Waals surface area (Å²) in [7, 11) is 0. The molecule has 1 heterocycles. The van der Waals surface area contributed by atoms with E-state index in [-0.39, 0.29) is 25.9 Å². The van der Waals surface area contributed by atoms with Crippen LogP contribution in [0.1, 0.15) is 49.0 Å². The van der Waals surface area contributed by atoms with Crippen LogP contribution in [0, 0.1) is 17.6 Å². The van der Waals surface area contributed by atoms with Crippen LogP contribution in [-0.2, 0) is 19.1 Å². The third-order valence-corrected chi connectivity index (χ3v) is 8.01. The molecule has 1 fully saturated rings. The van der Waals surface area contributed by atoms with Crippen molar-refractivity contribution in [1.82, 2.24) is 0 Å². The first-order valence-electron chi connectivity index (χ1n) is 15.4. The molecule has 0 spiro atoms. The fourth-order valence-electron chi connectivity index (χ4n) is 5.37. The standard InChI is InChI=1S/C34H39F2NO11/c35-22-8-3-19(4-9-22)26(47-34-31(43)29(41)30(42)32(48-34)33(44)45)16-7-21(18-39)28(37-24-12-10-23(36)11-13-24)20-5-14-25(15-6-20)46-27(40)2-1-17-38/h3-6,8-15,18,21,26-32,34,37-38,40-43H,1-2,7,16-17H2,(H,44,45). The lowest BCUT2D eigenvalue weighted by Gasteiger charge is -2.40. The fourth-order valence-corrected chi connectivity index (χ4v) is 5.37. The van der Waals surface area contributed by atoms with E-state index >= 15 is 0 Å². The van der Waals surface area contributed by atoms with Crippen LogP contribution in [0.15, 0.2) is 72.8 Å². The first-order valence-corrected chi connectivity index (χ1v) is 15.4. The maximum atomic E-state index is 13.8. The number of carbonyl (C=O) groups excluding carboxylic acids is 1. The van der Waals surface area contributed by atoms with Gasteiger partial charge in [0.15, 0.2) is 18.7 Å². The summed E-state index contributed by atoms with van der Waals surface area (Å²) in [5.74, 6) is -3.03. The molecule has 9 unspecified atom stereocenters. The maximum absolute atomic E-state index is 13.8. The first-order chi connectivity index (χ1) is 23.0. The Hall–Kier alpha value is -4.02. The van der Waals surface area contributed by atoms with E-state index < -0.39 is 72.7 Å². The van der Waals surface area contributed by atoms with Crippen molar-refractivity contribution in [1.29, 1.82) is 0 Å². The topological polar surface area (TPSA) is 195 Å². The van der Waals surface area contributed by atoms with Crippen LogP contribution in [0.3, 0.4) is 0 Å². The first kappa shape index (κ1) is 36.8. The van der Waals surface area contributed by atoms with Gasteiger partial charge in [0.1, 0.15) is 42.0 Å². The van der Waals surface area contributed by atoms with E-state index in [9.17, 15) is 43.9 Å². The minimum Gasteiger partial charge on any atom is -0.479 e. The average molecular weight is 676 g/mol. The molecule has 0 saturated carbocycles. The zero-order valence-electron chi connectivity index (χ0n) is 25.7. The quantitative estimate of drug-likeness (QED) is 0.0818. The molecule has 0 radical (unpaired) electrons. The number of nitrogens with one attached hydrogen (secondary N) is 1. The Kier molecular flexibility index (Phi) is 13.3. The Morgan fingerprint density at radius 1 is 0.854 bits per heavy atom. The van der Waals surface area contributed by atoms with Crippen molar-refractivity contribution in [3.05, 3.63) is 95.6 Å². The highest BCUT2D eigenvalue weighted by Gasteiger charge is 2.48. The van der Waals surface area contributed by atoms with Gasteiger partial charge in [0.2, 0.25) is 0 Å². The molecule has 0 aliphatic carbocycles. The Bertz CT molecular complexity index is 1440. The lowest BCUT2D eigenvalue weighted by molar-refractivity contribution is -0.306. The van der Waals surface area contributed by atoms with Crippen molar-refractivity contribution in [3.63, 3.8) is 0 Å². The number of aldehydes is 1. The van der Waals surface area contributed by atoms with Crippen LogP contribution in [-0.4, -0.2) is 86.5 Å². The number of anilines is 1. The lowest BCUT2D eigenvalue weighted by atomic mass is 9.88. The van der Waals surface area contributed by atoms with Crippen molar-refractivity contribution >= 4 is 17.9 Å². The molecule has 0 bridgehead atoms. The molecule has 1 aliphatic heterocycles. The van der Waals surface area contributed by atoms with Gasteiger partial charge in [-0.05, 0) is 78.9 Å². The largest absolute Gasteiger partial charge is 0.479 e. The number of hydrogen-bond acceptors (Lipinski definition) is 11. The average Bonchev–Trinajstić information content (AvgIpc) is 3.08. The summed E-state index contributed by atoms with van der Waals surface area (Å²) in [6.45, 7) is -0.0988. The predicted molar refractivity (Wildman–Crippen MR) is 165 cm³/mol. The molecule has 260 valence electrons. The summed E-state index contributed by atoms with van der Waals surface area (Å²) in [6.07, 6.45) is -9.98. The van der Waals surface area contributed by atoms with Crippen molar-refractivity contribution in [2.24, 2.45) is 5.92 Å². The summed E-state index contributed by atoms with van der Waals surface area (Å²) in [6, 6.07) is 16.6. The maximum Gasteiger partial charge on any atom is 0.335 e. The second kappa shape index (κ2) is 17.4. The molecule has 48 heavy (non-hydrogen) atoms. The van der Waals surface area contributed by atoms with Crippen LogP contribution in [0.4, 0.5) is 14.5 Å². The van der Waals surface area contributed by atoms with E-state index in [1.165, 1.54) is 48.5 Å². The highest BCUT2D eigenvalue weighted by molar-refractivity contribution is 5.73. The molecular formula is C34H39F2NO11. The Morgan fingerprint density at radius 3 is 2.04 bits per heavy atom. The van der Waals surface area contributed by atoms with E-state index in [4.69, 9.17) is 19.3 Å². The summed E-state index contributed by atoms with van der Waals surface area (Å²) in [4.78, 5) is 24.3. The highest BCUT2D eigenvalue weighted by Crippen LogP contribution is 2.35. The molecule has 12 nitrogen and oxygen atoms in total. The van der Waals surface area contributed by atoms with Gasteiger partial charge in [-0.3, -0.25) is 0 Å². The molecule has 1 aliphatic rings. The SMILES string of the molecule is O=CC(CCC(OC1OC(C(=O)O)C(O)C(O)C1O)c1ccc(F)cc1)C(Nc1ccc(F)cc1)c1ccc(OC(O)CCCO)cc1. The van der Waals surface area contributed by atoms with Gasteiger partial charge in [-0.15, -0.1) is 0 Å². The predicted octanol–water partition coefficient (Wildman–Crippen LogP) is 2.83. The van der Waals surface area contributed by atoms with Crippen LogP contribution in [0.2, 0.25) is 0 Å².